The number of para-hydroxylation sites is 5. The molecule has 292 valence electrons. The largest absolute Gasteiger partial charge is 0.454 e. The third-order valence-corrected chi connectivity index (χ3v) is 12.1. The summed E-state index contributed by atoms with van der Waals surface area (Å²) < 4.78 is 20.9. The molecule has 0 aliphatic rings. The van der Waals surface area contributed by atoms with E-state index in [1.807, 2.05) is 18.2 Å². The molecule has 5 heteroatoms. The Hall–Kier alpha value is -7.76. The van der Waals surface area contributed by atoms with Crippen LogP contribution in [0.4, 0.5) is 34.1 Å². The second kappa shape index (κ2) is 13.4. The molecule has 0 atom stereocenters. The number of anilines is 6. The predicted molar refractivity (Wildman–Crippen MR) is 254 cm³/mol. The summed E-state index contributed by atoms with van der Waals surface area (Å²) in [6, 6.07) is 60.3. The van der Waals surface area contributed by atoms with Gasteiger partial charge in [-0.05, 0) is 105 Å². The smallest absolute Gasteiger partial charge is 0.162 e. The van der Waals surface area contributed by atoms with Gasteiger partial charge in [-0.1, -0.05) is 115 Å². The van der Waals surface area contributed by atoms with Gasteiger partial charge in [0.15, 0.2) is 16.7 Å². The summed E-state index contributed by atoms with van der Waals surface area (Å²) in [7, 11) is 0. The Morgan fingerprint density at radius 3 is 1.16 bits per heavy atom. The number of furan rings is 3. The van der Waals surface area contributed by atoms with Crippen molar-refractivity contribution in [3.8, 4) is 0 Å². The first-order valence-corrected chi connectivity index (χ1v) is 20.8. The molecule has 0 aliphatic heterocycles. The van der Waals surface area contributed by atoms with Crippen LogP contribution in [0.5, 0.6) is 0 Å². The van der Waals surface area contributed by atoms with E-state index in [-0.39, 0.29) is 0 Å². The second-order valence-corrected chi connectivity index (χ2v) is 16.4. The standard InChI is InChI=1S/C56H40N2O3/c1-33-27-34(2)30-37(29-33)57(46-22-13-20-43-39-15-7-10-24-48(39)59-54(43)46)52-41-17-5-6-18-42(41)53(56-51(52)45-19-9-12-26-50(45)61-56)58(38-31-35(3)28-36(4)32-38)47-23-14-21-44-40-16-8-11-25-49(40)60-55(44)47/h5-32H,1-4H3. The van der Waals surface area contributed by atoms with E-state index < -0.39 is 0 Å². The van der Waals surface area contributed by atoms with Gasteiger partial charge in [-0.3, -0.25) is 0 Å². The van der Waals surface area contributed by atoms with Crippen molar-refractivity contribution in [3.05, 3.63) is 192 Å². The molecular formula is C56H40N2O3. The van der Waals surface area contributed by atoms with Crippen molar-refractivity contribution in [2.75, 3.05) is 9.80 Å². The Morgan fingerprint density at radius 1 is 0.311 bits per heavy atom. The van der Waals surface area contributed by atoms with E-state index in [2.05, 4.69) is 189 Å². The van der Waals surface area contributed by atoms with Crippen molar-refractivity contribution < 1.29 is 13.3 Å². The maximum atomic E-state index is 7.27. The third-order valence-electron chi connectivity index (χ3n) is 12.1. The van der Waals surface area contributed by atoms with Crippen molar-refractivity contribution >= 4 is 111 Å². The minimum absolute atomic E-state index is 0.772. The minimum atomic E-state index is 0.772. The summed E-state index contributed by atoms with van der Waals surface area (Å²) in [6.07, 6.45) is 0. The summed E-state index contributed by atoms with van der Waals surface area (Å²) in [5.74, 6) is 0. The molecule has 0 fully saturated rings. The van der Waals surface area contributed by atoms with Gasteiger partial charge in [0.05, 0.1) is 28.1 Å². The highest BCUT2D eigenvalue weighted by Crippen LogP contribution is 2.55. The molecule has 12 aromatic rings. The highest BCUT2D eigenvalue weighted by molar-refractivity contribution is 6.29. The van der Waals surface area contributed by atoms with Crippen molar-refractivity contribution in [1.82, 2.24) is 0 Å². The molecule has 0 saturated carbocycles. The van der Waals surface area contributed by atoms with Crippen molar-refractivity contribution in [2.45, 2.75) is 27.7 Å². The Labute approximate surface area is 352 Å². The summed E-state index contributed by atoms with van der Waals surface area (Å²) in [5.41, 5.74) is 15.5. The van der Waals surface area contributed by atoms with E-state index in [1.54, 1.807) is 0 Å². The molecule has 61 heavy (non-hydrogen) atoms. The summed E-state index contributed by atoms with van der Waals surface area (Å²) in [5, 5.41) is 8.41. The maximum Gasteiger partial charge on any atom is 0.162 e. The molecule has 0 radical (unpaired) electrons. The minimum Gasteiger partial charge on any atom is -0.454 e. The van der Waals surface area contributed by atoms with Crippen molar-refractivity contribution in [2.24, 2.45) is 0 Å². The Bertz CT molecular complexity index is 3690. The third kappa shape index (κ3) is 5.40. The zero-order valence-corrected chi connectivity index (χ0v) is 34.3. The van der Waals surface area contributed by atoms with Gasteiger partial charge < -0.3 is 23.1 Å². The quantitative estimate of drug-likeness (QED) is 0.157. The van der Waals surface area contributed by atoms with Gasteiger partial charge in [-0.2, -0.15) is 0 Å². The van der Waals surface area contributed by atoms with Gasteiger partial charge in [0, 0.05) is 49.1 Å². The first-order chi connectivity index (χ1) is 29.9. The van der Waals surface area contributed by atoms with E-state index >= 15 is 0 Å². The molecule has 0 N–H and O–H groups in total. The molecule has 0 spiro atoms. The lowest BCUT2D eigenvalue weighted by Crippen LogP contribution is -2.15. The number of hydrogen-bond acceptors (Lipinski definition) is 5. The Balaban J connectivity index is 1.27. The van der Waals surface area contributed by atoms with Crippen LogP contribution in [0.2, 0.25) is 0 Å². The molecule has 3 aromatic heterocycles. The monoisotopic (exact) mass is 788 g/mol. The van der Waals surface area contributed by atoms with E-state index in [9.17, 15) is 0 Å². The molecule has 0 bridgehead atoms. The van der Waals surface area contributed by atoms with Crippen LogP contribution in [0.15, 0.2) is 183 Å². The number of aryl methyl sites for hydroxylation is 4. The fourth-order valence-corrected chi connectivity index (χ4v) is 9.81. The van der Waals surface area contributed by atoms with Crippen LogP contribution in [0, 0.1) is 27.7 Å². The predicted octanol–water partition coefficient (Wildman–Crippen LogP) is 16.7. The second-order valence-electron chi connectivity index (χ2n) is 16.4. The van der Waals surface area contributed by atoms with E-state index in [1.165, 1.54) is 22.3 Å². The molecule has 12 rings (SSSR count). The maximum absolute atomic E-state index is 7.27. The van der Waals surface area contributed by atoms with Crippen LogP contribution < -0.4 is 9.80 Å². The van der Waals surface area contributed by atoms with Crippen LogP contribution in [0.25, 0.3) is 76.6 Å². The summed E-state index contributed by atoms with van der Waals surface area (Å²) >= 11 is 0. The topological polar surface area (TPSA) is 45.9 Å². The van der Waals surface area contributed by atoms with Crippen LogP contribution in [0.1, 0.15) is 22.3 Å². The lowest BCUT2D eigenvalue weighted by Gasteiger charge is -2.32. The molecule has 9 aromatic carbocycles. The van der Waals surface area contributed by atoms with Gasteiger partial charge in [-0.25, -0.2) is 0 Å². The fourth-order valence-electron chi connectivity index (χ4n) is 9.81. The number of hydrogen-bond donors (Lipinski definition) is 0. The molecule has 5 nitrogen and oxygen atoms in total. The average Bonchev–Trinajstić information content (AvgIpc) is 3.96. The average molecular weight is 789 g/mol. The lowest BCUT2D eigenvalue weighted by atomic mass is 9.96. The lowest BCUT2D eigenvalue weighted by molar-refractivity contribution is 0.666. The number of fused-ring (bicyclic) bond motifs is 10. The number of nitrogens with zero attached hydrogens (tertiary/aromatic N) is 2. The Morgan fingerprint density at radius 2 is 0.672 bits per heavy atom. The molecule has 0 saturated heterocycles. The zero-order chi connectivity index (χ0) is 40.9. The van der Waals surface area contributed by atoms with Gasteiger partial charge in [0.1, 0.15) is 16.7 Å². The first kappa shape index (κ1) is 35.2. The summed E-state index contributed by atoms with van der Waals surface area (Å²) in [6.45, 7) is 8.66. The Kier molecular flexibility index (Phi) is 7.72. The van der Waals surface area contributed by atoms with Gasteiger partial charge in [-0.15, -0.1) is 0 Å². The van der Waals surface area contributed by atoms with Crippen molar-refractivity contribution in [1.29, 1.82) is 0 Å². The first-order valence-electron chi connectivity index (χ1n) is 20.8. The SMILES string of the molecule is Cc1cc(C)cc(N(c2cccc3c2oc2ccccc23)c2c3ccccc3c(N(c3cc(C)cc(C)c3)c3cccc4c3oc3ccccc34)c3c2oc2ccccc23)c1. The van der Waals surface area contributed by atoms with Gasteiger partial charge >= 0.3 is 0 Å². The van der Waals surface area contributed by atoms with Crippen LogP contribution in [-0.2, 0) is 0 Å². The molecule has 0 unspecified atom stereocenters. The molecule has 0 aliphatic carbocycles. The van der Waals surface area contributed by atoms with Crippen molar-refractivity contribution in [3.63, 3.8) is 0 Å². The fraction of sp³-hybridized carbons (Fsp3) is 0.0714. The highest BCUT2D eigenvalue weighted by Gasteiger charge is 2.32. The normalized spacial score (nSPS) is 11.9. The molecule has 0 amide bonds. The highest BCUT2D eigenvalue weighted by atomic mass is 16.3. The zero-order valence-electron chi connectivity index (χ0n) is 34.3. The molecular weight excluding hydrogens is 749 g/mol. The number of rotatable bonds is 6. The van der Waals surface area contributed by atoms with E-state index in [0.717, 1.165) is 111 Å². The summed E-state index contributed by atoms with van der Waals surface area (Å²) in [4.78, 5) is 4.77. The number of benzene rings is 9. The molecule has 3 heterocycles. The van der Waals surface area contributed by atoms with Crippen LogP contribution in [-0.4, -0.2) is 0 Å². The van der Waals surface area contributed by atoms with Gasteiger partial charge in [0.2, 0.25) is 0 Å². The van der Waals surface area contributed by atoms with Crippen LogP contribution >= 0.6 is 0 Å². The van der Waals surface area contributed by atoms with E-state index in [4.69, 9.17) is 13.3 Å². The van der Waals surface area contributed by atoms with Crippen LogP contribution in [0.3, 0.4) is 0 Å². The van der Waals surface area contributed by atoms with Gasteiger partial charge in [0.25, 0.3) is 0 Å². The van der Waals surface area contributed by atoms with E-state index in [0.29, 0.717) is 0 Å².